The van der Waals surface area contributed by atoms with Crippen molar-refractivity contribution in [2.75, 3.05) is 5.32 Å². The predicted molar refractivity (Wildman–Crippen MR) is 66.2 cm³/mol. The number of pyridine rings is 1. The molecule has 0 amide bonds. The van der Waals surface area contributed by atoms with Crippen LogP contribution in [0.15, 0.2) is 23.7 Å². The predicted octanol–water partition coefficient (Wildman–Crippen LogP) is 3.12. The summed E-state index contributed by atoms with van der Waals surface area (Å²) in [6, 6.07) is 4.36. The van der Waals surface area contributed by atoms with Gasteiger partial charge in [-0.3, -0.25) is 0 Å². The summed E-state index contributed by atoms with van der Waals surface area (Å²) in [6.07, 6.45) is 7.80. The second-order valence-corrected chi connectivity index (χ2v) is 4.39. The maximum absolute atomic E-state index is 5.27. The molecule has 0 aliphatic heterocycles. The zero-order chi connectivity index (χ0) is 10.7. The van der Waals surface area contributed by atoms with Gasteiger partial charge in [0.25, 0.3) is 0 Å². The smallest absolute Gasteiger partial charge is 0.134 e. The van der Waals surface area contributed by atoms with E-state index in [1.54, 1.807) is 11.3 Å². The lowest BCUT2D eigenvalue weighted by Crippen LogP contribution is -2.14. The lowest BCUT2D eigenvalue weighted by Gasteiger charge is -2.11. The molecule has 3 heteroatoms. The van der Waals surface area contributed by atoms with Crippen LogP contribution in [0, 0.1) is 12.3 Å². The highest BCUT2D eigenvalue weighted by Crippen LogP contribution is 2.26. The molecule has 0 fully saturated rings. The number of hydrogen-bond donors (Lipinski definition) is 1. The lowest BCUT2D eigenvalue weighted by atomic mass is 10.2. The summed E-state index contributed by atoms with van der Waals surface area (Å²) in [5.74, 6) is 3.57. The van der Waals surface area contributed by atoms with E-state index in [9.17, 15) is 0 Å². The molecule has 1 atom stereocenters. The number of hydrogen-bond acceptors (Lipinski definition) is 3. The molecule has 0 aliphatic rings. The number of rotatable bonds is 3. The van der Waals surface area contributed by atoms with Crippen molar-refractivity contribution in [1.82, 2.24) is 4.98 Å². The minimum absolute atomic E-state index is 0.257. The quantitative estimate of drug-likeness (QED) is 0.797. The highest BCUT2D eigenvalue weighted by Gasteiger charge is 2.05. The Hall–Kier alpha value is -1.53. The summed E-state index contributed by atoms with van der Waals surface area (Å²) >= 11 is 1.72. The largest absolute Gasteiger partial charge is 0.366 e. The van der Waals surface area contributed by atoms with Gasteiger partial charge in [-0.2, -0.15) is 0 Å². The van der Waals surface area contributed by atoms with Crippen LogP contribution in [0.2, 0.25) is 0 Å². The molecule has 2 aromatic heterocycles. The van der Waals surface area contributed by atoms with Gasteiger partial charge in [0.1, 0.15) is 5.82 Å². The first kappa shape index (κ1) is 10.0. The molecule has 0 spiro atoms. The number of terminal acetylenes is 1. The van der Waals surface area contributed by atoms with Gasteiger partial charge < -0.3 is 5.32 Å². The normalized spacial score (nSPS) is 12.3. The van der Waals surface area contributed by atoms with E-state index in [1.807, 2.05) is 12.3 Å². The Labute approximate surface area is 93.3 Å². The second kappa shape index (κ2) is 4.33. The van der Waals surface area contributed by atoms with Gasteiger partial charge in [-0.1, -0.05) is 0 Å². The van der Waals surface area contributed by atoms with Crippen molar-refractivity contribution in [2.24, 2.45) is 0 Å². The average molecular weight is 216 g/mol. The van der Waals surface area contributed by atoms with Crippen molar-refractivity contribution < 1.29 is 0 Å². The number of fused-ring (bicyclic) bond motifs is 1. The van der Waals surface area contributed by atoms with Crippen molar-refractivity contribution in [1.29, 1.82) is 0 Å². The Bertz CT molecular complexity index is 496. The zero-order valence-corrected chi connectivity index (χ0v) is 9.34. The summed E-state index contributed by atoms with van der Waals surface area (Å²) in [5.41, 5.74) is 0. The molecular weight excluding hydrogens is 204 g/mol. The molecule has 0 saturated carbocycles. The topological polar surface area (TPSA) is 24.9 Å². The van der Waals surface area contributed by atoms with E-state index in [0.717, 1.165) is 5.82 Å². The van der Waals surface area contributed by atoms with Crippen LogP contribution in [0.3, 0.4) is 0 Å². The third-order valence-electron chi connectivity index (χ3n) is 2.19. The second-order valence-electron chi connectivity index (χ2n) is 3.45. The molecular formula is C12H12N2S. The average Bonchev–Trinajstić information content (AvgIpc) is 2.67. The zero-order valence-electron chi connectivity index (χ0n) is 8.53. The summed E-state index contributed by atoms with van der Waals surface area (Å²) in [5, 5.41) is 6.57. The van der Waals surface area contributed by atoms with E-state index >= 15 is 0 Å². The van der Waals surface area contributed by atoms with Crippen LogP contribution in [-0.2, 0) is 0 Å². The van der Waals surface area contributed by atoms with Gasteiger partial charge in [0, 0.05) is 28.7 Å². The molecule has 2 nitrogen and oxygen atoms in total. The first-order valence-electron chi connectivity index (χ1n) is 4.83. The van der Waals surface area contributed by atoms with Crippen molar-refractivity contribution >= 4 is 27.2 Å². The fourth-order valence-electron chi connectivity index (χ4n) is 1.47. The van der Waals surface area contributed by atoms with E-state index in [0.29, 0.717) is 6.42 Å². The first-order valence-corrected chi connectivity index (χ1v) is 5.71. The van der Waals surface area contributed by atoms with Crippen LogP contribution >= 0.6 is 11.3 Å². The fourth-order valence-corrected chi connectivity index (χ4v) is 2.25. The van der Waals surface area contributed by atoms with Crippen LogP contribution in [-0.4, -0.2) is 11.0 Å². The van der Waals surface area contributed by atoms with Crippen LogP contribution < -0.4 is 5.32 Å². The highest BCUT2D eigenvalue weighted by atomic mass is 32.1. The van der Waals surface area contributed by atoms with Crippen LogP contribution in [0.5, 0.6) is 0 Å². The summed E-state index contributed by atoms with van der Waals surface area (Å²) in [4.78, 5) is 4.33. The van der Waals surface area contributed by atoms with Crippen molar-refractivity contribution in [3.8, 4) is 12.3 Å². The Morgan fingerprint density at radius 1 is 1.60 bits per heavy atom. The standard InChI is InChI=1S/C12H12N2S/c1-3-4-9(2)14-12-10-6-8-15-11(10)5-7-13-12/h1,5-9H,4H2,2H3,(H,13,14). The maximum atomic E-state index is 5.27. The van der Waals surface area contributed by atoms with Gasteiger partial charge in [-0.25, -0.2) is 4.98 Å². The lowest BCUT2D eigenvalue weighted by molar-refractivity contribution is 0.824. The van der Waals surface area contributed by atoms with E-state index in [1.165, 1.54) is 10.1 Å². The summed E-state index contributed by atoms with van der Waals surface area (Å²) in [6.45, 7) is 2.06. The molecule has 0 radical (unpaired) electrons. The van der Waals surface area contributed by atoms with Crippen molar-refractivity contribution in [3.63, 3.8) is 0 Å². The van der Waals surface area contributed by atoms with E-state index in [-0.39, 0.29) is 6.04 Å². The van der Waals surface area contributed by atoms with Gasteiger partial charge in [0.2, 0.25) is 0 Å². The fraction of sp³-hybridized carbons (Fsp3) is 0.250. The third kappa shape index (κ3) is 2.11. The van der Waals surface area contributed by atoms with Crippen LogP contribution in [0.25, 0.3) is 10.1 Å². The molecule has 0 saturated heterocycles. The van der Waals surface area contributed by atoms with Crippen LogP contribution in [0.1, 0.15) is 13.3 Å². The molecule has 76 valence electrons. The number of thiophene rings is 1. The van der Waals surface area contributed by atoms with Gasteiger partial charge >= 0.3 is 0 Å². The minimum Gasteiger partial charge on any atom is -0.366 e. The Balaban J connectivity index is 2.28. The Kier molecular flexibility index (Phi) is 2.89. The monoisotopic (exact) mass is 216 g/mol. The number of nitrogens with zero attached hydrogens (tertiary/aromatic N) is 1. The number of nitrogens with one attached hydrogen (secondary N) is 1. The SMILES string of the molecule is C#CCC(C)Nc1nccc2sccc12. The molecule has 15 heavy (non-hydrogen) atoms. The van der Waals surface area contributed by atoms with Gasteiger partial charge in [-0.05, 0) is 24.4 Å². The molecule has 1 N–H and O–H groups in total. The Morgan fingerprint density at radius 2 is 2.47 bits per heavy atom. The molecule has 0 bridgehead atoms. The summed E-state index contributed by atoms with van der Waals surface area (Å²) < 4.78 is 1.25. The van der Waals surface area contributed by atoms with E-state index < -0.39 is 0 Å². The highest BCUT2D eigenvalue weighted by molar-refractivity contribution is 7.17. The number of anilines is 1. The molecule has 2 heterocycles. The minimum atomic E-state index is 0.257. The van der Waals surface area contributed by atoms with Crippen molar-refractivity contribution in [2.45, 2.75) is 19.4 Å². The molecule has 0 aliphatic carbocycles. The molecule has 1 unspecified atom stereocenters. The van der Waals surface area contributed by atoms with Gasteiger partial charge in [-0.15, -0.1) is 23.7 Å². The summed E-state index contributed by atoms with van der Waals surface area (Å²) in [7, 11) is 0. The van der Waals surface area contributed by atoms with E-state index in [4.69, 9.17) is 6.42 Å². The molecule has 2 rings (SSSR count). The first-order chi connectivity index (χ1) is 7.31. The van der Waals surface area contributed by atoms with Gasteiger partial charge in [0.05, 0.1) is 0 Å². The number of aromatic nitrogens is 1. The molecule has 0 aromatic carbocycles. The van der Waals surface area contributed by atoms with E-state index in [2.05, 4.69) is 34.6 Å². The maximum Gasteiger partial charge on any atom is 0.134 e. The van der Waals surface area contributed by atoms with Gasteiger partial charge in [0.15, 0.2) is 0 Å². The van der Waals surface area contributed by atoms with Crippen molar-refractivity contribution in [3.05, 3.63) is 23.7 Å². The molecule has 2 aromatic rings. The third-order valence-corrected chi connectivity index (χ3v) is 3.07. The van der Waals surface area contributed by atoms with Crippen LogP contribution in [0.4, 0.5) is 5.82 Å². The Morgan fingerprint density at radius 3 is 3.27 bits per heavy atom.